The van der Waals surface area contributed by atoms with Crippen LogP contribution >= 0.6 is 15.6 Å². The number of aliphatic hydroxyl groups excluding tert-OH is 1. The summed E-state index contributed by atoms with van der Waals surface area (Å²) in [6.07, 6.45) is 80.6. The molecule has 0 aliphatic carbocycles. The van der Waals surface area contributed by atoms with Crippen LogP contribution in [0.1, 0.15) is 503 Å². The van der Waals surface area contributed by atoms with Gasteiger partial charge in [0.15, 0.2) is 12.2 Å². The van der Waals surface area contributed by atoms with Crippen LogP contribution in [0.25, 0.3) is 0 Å². The summed E-state index contributed by atoms with van der Waals surface area (Å²) in [5.74, 6) is -1.28. The van der Waals surface area contributed by atoms with Gasteiger partial charge in [0.05, 0.1) is 26.4 Å². The van der Waals surface area contributed by atoms with Crippen LogP contribution in [0.15, 0.2) is 0 Å². The third kappa shape index (κ3) is 85.8. The standard InChI is InChI=1S/C92H180O17P2/c1-6-9-12-15-18-21-24-27-29-31-33-35-37-42-46-51-56-61-66-71-76-90(95)103-82-88(109-91(96)77-72-67-62-57-52-47-43-38-36-34-32-30-28-25-22-19-16-13-10-7-2)84-107-111(100,101)105-80-86(93)79-104-110(98,99)106-83-87(81-102-89(94)75-70-65-60-55-50-26-23-20-17-14-11-8-3)108-92(97)78-73-68-63-58-53-48-44-40-39-41-45-49-54-59-64-69-74-85(4)5/h85-88,93H,6-84H2,1-5H3,(H,98,99)(H,100,101)/t86-,87+,88+/m0/s1. The molecule has 0 amide bonds. The van der Waals surface area contributed by atoms with Crippen LogP contribution < -0.4 is 0 Å². The molecule has 660 valence electrons. The molecule has 0 rings (SSSR count). The molecule has 0 saturated heterocycles. The summed E-state index contributed by atoms with van der Waals surface area (Å²) < 4.78 is 69.1. The van der Waals surface area contributed by atoms with Crippen molar-refractivity contribution in [2.24, 2.45) is 5.92 Å². The second kappa shape index (κ2) is 84.5. The van der Waals surface area contributed by atoms with Gasteiger partial charge >= 0.3 is 39.5 Å². The molecule has 0 aromatic carbocycles. The minimum absolute atomic E-state index is 0.109. The van der Waals surface area contributed by atoms with E-state index in [1.54, 1.807) is 0 Å². The zero-order valence-electron chi connectivity index (χ0n) is 73.1. The highest BCUT2D eigenvalue weighted by Crippen LogP contribution is 2.45. The van der Waals surface area contributed by atoms with Gasteiger partial charge in [-0.25, -0.2) is 9.13 Å². The molecule has 0 radical (unpaired) electrons. The first-order chi connectivity index (χ1) is 54.0. The third-order valence-corrected chi connectivity index (χ3v) is 23.7. The average Bonchev–Trinajstić information content (AvgIpc) is 0.904. The van der Waals surface area contributed by atoms with Crippen LogP contribution in [0, 0.1) is 5.92 Å². The maximum Gasteiger partial charge on any atom is 0.472 e. The molecular formula is C92H180O17P2. The van der Waals surface area contributed by atoms with Crippen LogP contribution in [0.2, 0.25) is 0 Å². The molecule has 19 heteroatoms. The number of carbonyl (C=O) groups is 4. The van der Waals surface area contributed by atoms with Gasteiger partial charge in [0.25, 0.3) is 0 Å². The number of esters is 4. The van der Waals surface area contributed by atoms with Crippen molar-refractivity contribution in [1.29, 1.82) is 0 Å². The third-order valence-electron chi connectivity index (χ3n) is 21.8. The predicted octanol–water partition coefficient (Wildman–Crippen LogP) is 28.7. The van der Waals surface area contributed by atoms with E-state index in [4.69, 9.17) is 37.0 Å². The summed E-state index contributed by atoms with van der Waals surface area (Å²) in [5.41, 5.74) is 0. The Morgan fingerprint density at radius 3 is 0.613 bits per heavy atom. The highest BCUT2D eigenvalue weighted by atomic mass is 31.2. The van der Waals surface area contributed by atoms with E-state index >= 15 is 0 Å². The number of hydrogen-bond donors (Lipinski definition) is 3. The lowest BCUT2D eigenvalue weighted by Gasteiger charge is -2.21. The maximum absolute atomic E-state index is 13.2. The highest BCUT2D eigenvalue weighted by molar-refractivity contribution is 7.47. The van der Waals surface area contributed by atoms with Gasteiger partial charge in [0.1, 0.15) is 19.3 Å². The number of phosphoric ester groups is 2. The van der Waals surface area contributed by atoms with Crippen molar-refractivity contribution in [3.63, 3.8) is 0 Å². The second-order valence-corrected chi connectivity index (χ2v) is 36.4. The summed E-state index contributed by atoms with van der Waals surface area (Å²) in [7, 11) is -9.94. The molecule has 5 atom stereocenters. The summed E-state index contributed by atoms with van der Waals surface area (Å²) >= 11 is 0. The highest BCUT2D eigenvalue weighted by Gasteiger charge is 2.31. The Morgan fingerprint density at radius 1 is 0.243 bits per heavy atom. The number of carbonyl (C=O) groups excluding carboxylic acids is 4. The molecule has 0 heterocycles. The Kier molecular flexibility index (Phi) is 83.0. The summed E-state index contributed by atoms with van der Waals surface area (Å²) in [5, 5.41) is 10.7. The summed E-state index contributed by atoms with van der Waals surface area (Å²) in [6.45, 7) is 7.43. The molecular weight excluding hydrogens is 1440 g/mol. The normalized spacial score (nSPS) is 13.7. The topological polar surface area (TPSA) is 237 Å². The van der Waals surface area contributed by atoms with Gasteiger partial charge in [0, 0.05) is 25.7 Å². The molecule has 0 spiro atoms. The van der Waals surface area contributed by atoms with Gasteiger partial charge in [-0.3, -0.25) is 37.3 Å². The first-order valence-corrected chi connectivity index (χ1v) is 50.6. The number of aliphatic hydroxyl groups is 1. The summed E-state index contributed by atoms with van der Waals surface area (Å²) in [6, 6.07) is 0. The van der Waals surface area contributed by atoms with E-state index in [0.717, 1.165) is 95.8 Å². The van der Waals surface area contributed by atoms with Crippen molar-refractivity contribution >= 4 is 39.5 Å². The van der Waals surface area contributed by atoms with Crippen LogP contribution in [0.4, 0.5) is 0 Å². The summed E-state index contributed by atoms with van der Waals surface area (Å²) in [4.78, 5) is 73.5. The molecule has 17 nitrogen and oxygen atoms in total. The Labute approximate surface area is 683 Å². The van der Waals surface area contributed by atoms with E-state index in [9.17, 15) is 43.2 Å². The zero-order chi connectivity index (χ0) is 81.1. The molecule has 0 aliphatic rings. The number of hydrogen-bond acceptors (Lipinski definition) is 15. The predicted molar refractivity (Wildman–Crippen MR) is 460 cm³/mol. The Bertz CT molecular complexity index is 2100. The van der Waals surface area contributed by atoms with Gasteiger partial charge < -0.3 is 33.8 Å². The van der Waals surface area contributed by atoms with Crippen molar-refractivity contribution in [2.45, 2.75) is 522 Å². The fraction of sp³-hybridized carbons (Fsp3) is 0.957. The monoisotopic (exact) mass is 1620 g/mol. The Hall–Kier alpha value is -1.94. The van der Waals surface area contributed by atoms with Crippen molar-refractivity contribution in [1.82, 2.24) is 0 Å². The molecule has 3 N–H and O–H groups in total. The maximum atomic E-state index is 13.2. The van der Waals surface area contributed by atoms with Gasteiger partial charge in [0.2, 0.25) is 0 Å². The first-order valence-electron chi connectivity index (χ1n) is 47.6. The van der Waals surface area contributed by atoms with Gasteiger partial charge in [-0.2, -0.15) is 0 Å². The van der Waals surface area contributed by atoms with E-state index in [-0.39, 0.29) is 25.7 Å². The molecule has 0 saturated carbocycles. The van der Waals surface area contributed by atoms with E-state index in [1.807, 2.05) is 0 Å². The largest absolute Gasteiger partial charge is 0.472 e. The Morgan fingerprint density at radius 2 is 0.414 bits per heavy atom. The minimum atomic E-state index is -4.97. The fourth-order valence-corrected chi connectivity index (χ4v) is 16.1. The molecule has 0 bridgehead atoms. The number of phosphoric acid groups is 2. The number of ether oxygens (including phenoxy) is 4. The lowest BCUT2D eigenvalue weighted by Crippen LogP contribution is -2.30. The van der Waals surface area contributed by atoms with Crippen molar-refractivity contribution < 1.29 is 80.2 Å². The Balaban J connectivity index is 5.24. The van der Waals surface area contributed by atoms with Gasteiger partial charge in [-0.1, -0.05) is 452 Å². The quantitative estimate of drug-likeness (QED) is 0.0222. The average molecular weight is 1620 g/mol. The molecule has 0 fully saturated rings. The number of unbranched alkanes of at least 4 members (excludes halogenated alkanes) is 64. The van der Waals surface area contributed by atoms with Crippen LogP contribution in [0.5, 0.6) is 0 Å². The SMILES string of the molecule is CCCCCCCCCCCCCCCCCCCCCCC(=O)OC[C@H](COP(=O)(O)OC[C@@H](O)COP(=O)(O)OC[C@@H](COC(=O)CCCCCCCCCCCCCC)OC(=O)CCCCCCCCCCCCCCCCCCC(C)C)OC(=O)CCCCCCCCCCCCCCCCCCCCCC. The lowest BCUT2D eigenvalue weighted by atomic mass is 10.0. The van der Waals surface area contributed by atoms with E-state index in [2.05, 4.69) is 34.6 Å². The van der Waals surface area contributed by atoms with Crippen LogP contribution in [0.3, 0.4) is 0 Å². The zero-order valence-corrected chi connectivity index (χ0v) is 74.9. The van der Waals surface area contributed by atoms with Crippen molar-refractivity contribution in [3.8, 4) is 0 Å². The van der Waals surface area contributed by atoms with E-state index < -0.39 is 97.5 Å². The molecule has 111 heavy (non-hydrogen) atoms. The first kappa shape index (κ1) is 109. The molecule has 0 aromatic heterocycles. The van der Waals surface area contributed by atoms with Crippen LogP contribution in [-0.2, 0) is 65.4 Å². The molecule has 2 unspecified atom stereocenters. The smallest absolute Gasteiger partial charge is 0.462 e. The van der Waals surface area contributed by atoms with Crippen molar-refractivity contribution in [2.75, 3.05) is 39.6 Å². The number of rotatable bonds is 92. The molecule has 0 aromatic rings. The second-order valence-electron chi connectivity index (χ2n) is 33.5. The van der Waals surface area contributed by atoms with Crippen LogP contribution in [-0.4, -0.2) is 96.7 Å². The van der Waals surface area contributed by atoms with Crippen molar-refractivity contribution in [3.05, 3.63) is 0 Å². The van der Waals surface area contributed by atoms with Gasteiger partial charge in [-0.05, 0) is 31.6 Å². The lowest BCUT2D eigenvalue weighted by molar-refractivity contribution is -0.161. The fourth-order valence-electron chi connectivity index (χ4n) is 14.5. The minimum Gasteiger partial charge on any atom is -0.462 e. The van der Waals surface area contributed by atoms with Gasteiger partial charge in [-0.15, -0.1) is 0 Å². The molecule has 0 aliphatic heterocycles. The van der Waals surface area contributed by atoms with E-state index in [0.29, 0.717) is 25.7 Å². The van der Waals surface area contributed by atoms with E-state index in [1.165, 1.54) is 327 Å².